The maximum atomic E-state index is 12.5. The van der Waals surface area contributed by atoms with Gasteiger partial charge in [0.15, 0.2) is 0 Å². The minimum absolute atomic E-state index is 0.0635. The Morgan fingerprint density at radius 1 is 1.50 bits per heavy atom. The molecule has 0 bridgehead atoms. The average Bonchev–Trinajstić information content (AvgIpc) is 3.04. The van der Waals surface area contributed by atoms with Crippen molar-refractivity contribution >= 4 is 17.5 Å². The standard InChI is InChI=1S/C16H18ClN3O2/c1-11-15(16(22)19-6-5-14(21)9-19)10-20(18-11)8-12-3-2-4-13(17)7-12/h2-4,7,10,14,21H,5-6,8-9H2,1H3/t14-/m1/s1. The molecule has 6 heteroatoms. The van der Waals surface area contributed by atoms with E-state index in [0.29, 0.717) is 42.3 Å². The Balaban J connectivity index is 1.77. The summed E-state index contributed by atoms with van der Waals surface area (Å²) in [6, 6.07) is 7.58. The largest absolute Gasteiger partial charge is 0.391 e. The van der Waals surface area contributed by atoms with Crippen molar-refractivity contribution in [2.45, 2.75) is 26.0 Å². The number of amides is 1. The number of aromatic nitrogens is 2. The Bertz CT molecular complexity index is 698. The summed E-state index contributed by atoms with van der Waals surface area (Å²) in [5, 5.41) is 14.7. The van der Waals surface area contributed by atoms with Crippen LogP contribution in [0.3, 0.4) is 0 Å². The Morgan fingerprint density at radius 2 is 2.32 bits per heavy atom. The van der Waals surface area contributed by atoms with Crippen LogP contribution < -0.4 is 0 Å². The lowest BCUT2D eigenvalue weighted by Gasteiger charge is -2.14. The molecule has 1 atom stereocenters. The highest BCUT2D eigenvalue weighted by atomic mass is 35.5. The Kier molecular flexibility index (Phi) is 4.18. The first kappa shape index (κ1) is 15.1. The topological polar surface area (TPSA) is 58.4 Å². The molecule has 5 nitrogen and oxygen atoms in total. The number of aliphatic hydroxyl groups excluding tert-OH is 1. The predicted octanol–water partition coefficient (Wildman–Crippen LogP) is 2.10. The zero-order valence-electron chi connectivity index (χ0n) is 12.4. The van der Waals surface area contributed by atoms with Crippen LogP contribution in [0.1, 0.15) is 28.0 Å². The highest BCUT2D eigenvalue weighted by Gasteiger charge is 2.27. The van der Waals surface area contributed by atoms with E-state index in [-0.39, 0.29) is 5.91 Å². The molecule has 2 heterocycles. The summed E-state index contributed by atoms with van der Waals surface area (Å²) >= 11 is 5.98. The summed E-state index contributed by atoms with van der Waals surface area (Å²) in [7, 11) is 0. The third kappa shape index (κ3) is 3.15. The number of carbonyl (C=O) groups excluding carboxylic acids is 1. The van der Waals surface area contributed by atoms with Gasteiger partial charge in [0.1, 0.15) is 0 Å². The van der Waals surface area contributed by atoms with Crippen molar-refractivity contribution in [3.05, 3.63) is 52.3 Å². The number of carbonyl (C=O) groups is 1. The number of hydrogen-bond acceptors (Lipinski definition) is 3. The maximum absolute atomic E-state index is 12.5. The fraction of sp³-hybridized carbons (Fsp3) is 0.375. The van der Waals surface area contributed by atoms with E-state index >= 15 is 0 Å². The number of nitrogens with zero attached hydrogens (tertiary/aromatic N) is 3. The number of hydrogen-bond donors (Lipinski definition) is 1. The van der Waals surface area contributed by atoms with Crippen molar-refractivity contribution in [2.24, 2.45) is 0 Å². The van der Waals surface area contributed by atoms with Crippen LogP contribution in [0, 0.1) is 6.92 Å². The molecule has 1 saturated heterocycles. The Morgan fingerprint density at radius 3 is 3.00 bits per heavy atom. The number of benzene rings is 1. The lowest BCUT2D eigenvalue weighted by molar-refractivity contribution is 0.0764. The van der Waals surface area contributed by atoms with Crippen molar-refractivity contribution in [3.8, 4) is 0 Å². The molecule has 2 aromatic rings. The SMILES string of the molecule is Cc1nn(Cc2cccc(Cl)c2)cc1C(=O)N1CC[C@@H](O)C1. The Labute approximate surface area is 134 Å². The average molecular weight is 320 g/mol. The van der Waals surface area contributed by atoms with Crippen LogP contribution in [-0.2, 0) is 6.54 Å². The summed E-state index contributed by atoms with van der Waals surface area (Å²) in [5.74, 6) is -0.0635. The van der Waals surface area contributed by atoms with Gasteiger partial charge in [-0.05, 0) is 31.0 Å². The van der Waals surface area contributed by atoms with Crippen LogP contribution in [0.25, 0.3) is 0 Å². The molecule has 1 fully saturated rings. The number of aryl methyl sites for hydroxylation is 1. The van der Waals surface area contributed by atoms with Gasteiger partial charge < -0.3 is 10.0 Å². The Hall–Kier alpha value is -1.85. The molecule has 22 heavy (non-hydrogen) atoms. The van der Waals surface area contributed by atoms with E-state index in [1.807, 2.05) is 31.2 Å². The van der Waals surface area contributed by atoms with Gasteiger partial charge in [-0.15, -0.1) is 0 Å². The van der Waals surface area contributed by atoms with Gasteiger partial charge in [0, 0.05) is 24.3 Å². The molecular weight excluding hydrogens is 302 g/mol. The van der Waals surface area contributed by atoms with Crippen molar-refractivity contribution in [1.29, 1.82) is 0 Å². The van der Waals surface area contributed by atoms with Crippen LogP contribution in [0.15, 0.2) is 30.5 Å². The van der Waals surface area contributed by atoms with Crippen molar-refractivity contribution < 1.29 is 9.90 Å². The van der Waals surface area contributed by atoms with E-state index in [9.17, 15) is 9.90 Å². The molecule has 1 aromatic heterocycles. The molecule has 3 rings (SSSR count). The second-order valence-corrected chi connectivity index (χ2v) is 6.09. The van der Waals surface area contributed by atoms with Gasteiger partial charge in [0.05, 0.1) is 23.9 Å². The summed E-state index contributed by atoms with van der Waals surface area (Å²) in [6.07, 6.45) is 2.00. The monoisotopic (exact) mass is 319 g/mol. The fourth-order valence-corrected chi connectivity index (χ4v) is 2.94. The van der Waals surface area contributed by atoms with Crippen LogP contribution in [-0.4, -0.2) is 44.9 Å². The molecule has 0 saturated carbocycles. The zero-order valence-corrected chi connectivity index (χ0v) is 13.1. The van der Waals surface area contributed by atoms with Crippen molar-refractivity contribution in [1.82, 2.24) is 14.7 Å². The molecule has 0 radical (unpaired) electrons. The summed E-state index contributed by atoms with van der Waals surface area (Å²) in [4.78, 5) is 14.2. The molecule has 1 aliphatic rings. The van der Waals surface area contributed by atoms with Gasteiger partial charge in [-0.2, -0.15) is 5.10 Å². The van der Waals surface area contributed by atoms with Gasteiger partial charge in [0.2, 0.25) is 0 Å². The molecule has 1 N–H and O–H groups in total. The summed E-state index contributed by atoms with van der Waals surface area (Å²) < 4.78 is 1.75. The fourth-order valence-electron chi connectivity index (χ4n) is 2.73. The highest BCUT2D eigenvalue weighted by Crippen LogP contribution is 2.17. The summed E-state index contributed by atoms with van der Waals surface area (Å²) in [5.41, 5.74) is 2.33. The summed E-state index contributed by atoms with van der Waals surface area (Å²) in [6.45, 7) is 3.39. The number of likely N-dealkylation sites (tertiary alicyclic amines) is 1. The molecule has 1 amide bonds. The van der Waals surface area contributed by atoms with E-state index < -0.39 is 6.10 Å². The predicted molar refractivity (Wildman–Crippen MR) is 84.0 cm³/mol. The highest BCUT2D eigenvalue weighted by molar-refractivity contribution is 6.30. The number of aliphatic hydroxyl groups is 1. The second kappa shape index (κ2) is 6.10. The normalized spacial score (nSPS) is 18.0. The van der Waals surface area contributed by atoms with Crippen LogP contribution in [0.5, 0.6) is 0 Å². The van der Waals surface area contributed by atoms with E-state index in [1.54, 1.807) is 15.8 Å². The van der Waals surface area contributed by atoms with E-state index in [1.165, 1.54) is 0 Å². The van der Waals surface area contributed by atoms with Crippen molar-refractivity contribution in [3.63, 3.8) is 0 Å². The number of rotatable bonds is 3. The van der Waals surface area contributed by atoms with Gasteiger partial charge in [-0.1, -0.05) is 23.7 Å². The maximum Gasteiger partial charge on any atom is 0.257 e. The molecular formula is C16H18ClN3O2. The zero-order chi connectivity index (χ0) is 15.7. The van der Waals surface area contributed by atoms with Crippen LogP contribution in [0.4, 0.5) is 0 Å². The van der Waals surface area contributed by atoms with Gasteiger partial charge in [-0.25, -0.2) is 0 Å². The molecule has 0 unspecified atom stereocenters. The first-order valence-corrected chi connectivity index (χ1v) is 7.66. The molecule has 0 spiro atoms. The molecule has 1 aromatic carbocycles. The van der Waals surface area contributed by atoms with Crippen LogP contribution >= 0.6 is 11.6 Å². The van der Waals surface area contributed by atoms with Crippen LogP contribution in [0.2, 0.25) is 5.02 Å². The minimum Gasteiger partial charge on any atom is -0.391 e. The van der Waals surface area contributed by atoms with Gasteiger partial charge >= 0.3 is 0 Å². The number of β-amino-alcohol motifs (C(OH)–C–C–N with tert-alkyl or cyclic N) is 1. The van der Waals surface area contributed by atoms with Gasteiger partial charge in [0.25, 0.3) is 5.91 Å². The molecule has 1 aliphatic heterocycles. The smallest absolute Gasteiger partial charge is 0.257 e. The van der Waals surface area contributed by atoms with E-state index in [4.69, 9.17) is 11.6 Å². The van der Waals surface area contributed by atoms with E-state index in [0.717, 1.165) is 5.56 Å². The molecule has 116 valence electrons. The minimum atomic E-state index is -0.411. The number of halogens is 1. The second-order valence-electron chi connectivity index (χ2n) is 5.65. The first-order valence-electron chi connectivity index (χ1n) is 7.29. The lowest BCUT2D eigenvalue weighted by atomic mass is 10.2. The quantitative estimate of drug-likeness (QED) is 0.942. The first-order chi connectivity index (χ1) is 10.5. The van der Waals surface area contributed by atoms with Crippen molar-refractivity contribution in [2.75, 3.05) is 13.1 Å². The molecule has 0 aliphatic carbocycles. The third-order valence-electron chi connectivity index (χ3n) is 3.86. The lowest BCUT2D eigenvalue weighted by Crippen LogP contribution is -2.29. The third-order valence-corrected chi connectivity index (χ3v) is 4.10. The van der Waals surface area contributed by atoms with E-state index in [2.05, 4.69) is 5.10 Å². The van der Waals surface area contributed by atoms with Gasteiger partial charge in [-0.3, -0.25) is 9.48 Å².